The molecule has 0 bridgehead atoms. The van der Waals surface area contributed by atoms with Crippen LogP contribution in [0.5, 0.6) is 0 Å². The number of pyridine rings is 1. The fraction of sp³-hybridized carbons (Fsp3) is 0.440. The van der Waals surface area contributed by atoms with Crippen molar-refractivity contribution in [2.24, 2.45) is 0 Å². The summed E-state index contributed by atoms with van der Waals surface area (Å²) in [5, 5.41) is 4.33. The molecular weight excluding hydrogens is 404 g/mol. The summed E-state index contributed by atoms with van der Waals surface area (Å²) in [4.78, 5) is 23.9. The summed E-state index contributed by atoms with van der Waals surface area (Å²) in [5.41, 5.74) is 1.69. The van der Waals surface area contributed by atoms with Gasteiger partial charge in [-0.25, -0.2) is 0 Å². The average molecular weight is 435 g/mol. The van der Waals surface area contributed by atoms with Crippen LogP contribution in [0.2, 0.25) is 0 Å². The summed E-state index contributed by atoms with van der Waals surface area (Å²) in [7, 11) is 1.69. The standard InChI is InChI=1S/C25H30N4O3/c1-31-17-14-25(24-27-23(32-28-24)21-11-6-15-26-18-21)13-7-16-29(19-25)22(30)12-5-10-20-8-3-2-4-9-20/h2-4,6,8-9,11,15,18H,5,7,10,12-14,16-17,19H2,1H3. The van der Waals surface area contributed by atoms with Crippen LogP contribution in [0.4, 0.5) is 0 Å². The van der Waals surface area contributed by atoms with Gasteiger partial charge >= 0.3 is 0 Å². The number of aryl methyl sites for hydroxylation is 1. The van der Waals surface area contributed by atoms with Crippen LogP contribution in [0.15, 0.2) is 59.4 Å². The smallest absolute Gasteiger partial charge is 0.259 e. The van der Waals surface area contributed by atoms with E-state index in [0.29, 0.717) is 31.3 Å². The normalized spacial score (nSPS) is 18.6. The molecule has 7 nitrogen and oxygen atoms in total. The maximum absolute atomic E-state index is 13.0. The number of benzene rings is 1. The minimum atomic E-state index is -0.368. The molecule has 0 saturated carbocycles. The molecule has 7 heteroatoms. The third kappa shape index (κ3) is 5.22. The molecule has 32 heavy (non-hydrogen) atoms. The number of hydrogen-bond acceptors (Lipinski definition) is 6. The van der Waals surface area contributed by atoms with Gasteiger partial charge in [0.25, 0.3) is 5.89 Å². The highest BCUT2D eigenvalue weighted by Gasteiger charge is 2.42. The number of rotatable bonds is 9. The topological polar surface area (TPSA) is 81.3 Å². The van der Waals surface area contributed by atoms with Crippen LogP contribution < -0.4 is 0 Å². The van der Waals surface area contributed by atoms with Gasteiger partial charge < -0.3 is 14.2 Å². The number of aromatic nitrogens is 3. The third-order valence-electron chi connectivity index (χ3n) is 6.22. The van der Waals surface area contributed by atoms with Crippen LogP contribution in [-0.4, -0.2) is 52.7 Å². The van der Waals surface area contributed by atoms with Crippen LogP contribution >= 0.6 is 0 Å². The van der Waals surface area contributed by atoms with E-state index >= 15 is 0 Å². The predicted molar refractivity (Wildman–Crippen MR) is 121 cm³/mol. The summed E-state index contributed by atoms with van der Waals surface area (Å²) in [5.74, 6) is 1.30. The third-order valence-corrected chi connectivity index (χ3v) is 6.22. The van der Waals surface area contributed by atoms with Gasteiger partial charge in [-0.15, -0.1) is 0 Å². The van der Waals surface area contributed by atoms with Gasteiger partial charge in [0, 0.05) is 45.6 Å². The van der Waals surface area contributed by atoms with E-state index in [0.717, 1.165) is 44.2 Å². The highest BCUT2D eigenvalue weighted by atomic mass is 16.5. The van der Waals surface area contributed by atoms with Gasteiger partial charge in [0.1, 0.15) is 0 Å². The fourth-order valence-corrected chi connectivity index (χ4v) is 4.43. The first-order chi connectivity index (χ1) is 15.7. The molecule has 0 N–H and O–H groups in total. The number of nitrogens with zero attached hydrogens (tertiary/aromatic N) is 4. The number of carbonyl (C=O) groups is 1. The van der Waals surface area contributed by atoms with Gasteiger partial charge in [0.05, 0.1) is 11.0 Å². The molecular formula is C25H30N4O3. The number of carbonyl (C=O) groups excluding carboxylic acids is 1. The molecule has 1 unspecified atom stereocenters. The van der Waals surface area contributed by atoms with Crippen molar-refractivity contribution in [3.63, 3.8) is 0 Å². The van der Waals surface area contributed by atoms with E-state index in [9.17, 15) is 4.79 Å². The first-order valence-electron chi connectivity index (χ1n) is 11.3. The molecule has 3 aromatic rings. The van der Waals surface area contributed by atoms with Crippen molar-refractivity contribution in [1.82, 2.24) is 20.0 Å². The second-order valence-electron chi connectivity index (χ2n) is 8.45. The molecule has 1 aliphatic heterocycles. The van der Waals surface area contributed by atoms with E-state index in [2.05, 4.69) is 22.3 Å². The summed E-state index contributed by atoms with van der Waals surface area (Å²) in [6, 6.07) is 14.0. The van der Waals surface area contributed by atoms with Gasteiger partial charge in [-0.1, -0.05) is 35.5 Å². The zero-order valence-corrected chi connectivity index (χ0v) is 18.6. The van der Waals surface area contributed by atoms with Crippen LogP contribution in [0.3, 0.4) is 0 Å². The zero-order chi connectivity index (χ0) is 22.2. The zero-order valence-electron chi connectivity index (χ0n) is 18.6. The minimum Gasteiger partial charge on any atom is -0.385 e. The van der Waals surface area contributed by atoms with Crippen molar-refractivity contribution in [3.05, 3.63) is 66.2 Å². The lowest BCUT2D eigenvalue weighted by atomic mass is 9.76. The molecule has 2 aromatic heterocycles. The number of piperidine rings is 1. The molecule has 4 rings (SSSR count). The minimum absolute atomic E-state index is 0.193. The van der Waals surface area contributed by atoms with Crippen LogP contribution in [0.25, 0.3) is 11.5 Å². The Morgan fingerprint density at radius 1 is 1.22 bits per heavy atom. The van der Waals surface area contributed by atoms with Crippen molar-refractivity contribution in [1.29, 1.82) is 0 Å². The molecule has 1 saturated heterocycles. The second kappa shape index (κ2) is 10.5. The molecule has 1 aromatic carbocycles. The second-order valence-corrected chi connectivity index (χ2v) is 8.45. The molecule has 1 amide bonds. The summed E-state index contributed by atoms with van der Waals surface area (Å²) in [6.45, 7) is 1.94. The number of likely N-dealkylation sites (tertiary alicyclic amines) is 1. The Balaban J connectivity index is 1.46. The predicted octanol–water partition coefficient (Wildman–Crippen LogP) is 4.05. The lowest BCUT2D eigenvalue weighted by Gasteiger charge is -2.41. The van der Waals surface area contributed by atoms with Gasteiger partial charge in [0.2, 0.25) is 5.91 Å². The van der Waals surface area contributed by atoms with Crippen molar-refractivity contribution in [2.75, 3.05) is 26.8 Å². The van der Waals surface area contributed by atoms with Crippen LogP contribution in [0, 0.1) is 0 Å². The van der Waals surface area contributed by atoms with Gasteiger partial charge in [0.15, 0.2) is 5.82 Å². The van der Waals surface area contributed by atoms with E-state index in [1.807, 2.05) is 35.2 Å². The number of methoxy groups -OCH3 is 1. The van der Waals surface area contributed by atoms with Gasteiger partial charge in [-0.05, 0) is 49.8 Å². The summed E-state index contributed by atoms with van der Waals surface area (Å²) >= 11 is 0. The van der Waals surface area contributed by atoms with E-state index in [1.165, 1.54) is 5.56 Å². The first kappa shape index (κ1) is 22.1. The Morgan fingerprint density at radius 3 is 2.88 bits per heavy atom. The number of amides is 1. The Hall–Kier alpha value is -3.06. The molecule has 3 heterocycles. The monoisotopic (exact) mass is 434 g/mol. The maximum Gasteiger partial charge on any atom is 0.259 e. The fourth-order valence-electron chi connectivity index (χ4n) is 4.43. The van der Waals surface area contributed by atoms with E-state index in [1.54, 1.807) is 19.5 Å². The Bertz CT molecular complexity index is 993. The summed E-state index contributed by atoms with van der Waals surface area (Å²) in [6.07, 6.45) is 8.27. The van der Waals surface area contributed by atoms with Crippen molar-refractivity contribution in [2.45, 2.75) is 43.9 Å². The Kier molecular flexibility index (Phi) is 7.27. The molecule has 0 radical (unpaired) electrons. The molecule has 0 aliphatic carbocycles. The largest absolute Gasteiger partial charge is 0.385 e. The average Bonchev–Trinajstić information content (AvgIpc) is 3.35. The first-order valence-corrected chi connectivity index (χ1v) is 11.3. The molecule has 168 valence electrons. The van der Waals surface area contributed by atoms with Crippen molar-refractivity contribution < 1.29 is 14.1 Å². The lowest BCUT2D eigenvalue weighted by Crippen LogP contribution is -2.49. The molecule has 1 atom stereocenters. The van der Waals surface area contributed by atoms with Crippen LogP contribution in [0.1, 0.15) is 43.5 Å². The van der Waals surface area contributed by atoms with Crippen molar-refractivity contribution in [3.8, 4) is 11.5 Å². The van der Waals surface area contributed by atoms with E-state index in [4.69, 9.17) is 14.2 Å². The van der Waals surface area contributed by atoms with Crippen molar-refractivity contribution >= 4 is 5.91 Å². The summed E-state index contributed by atoms with van der Waals surface area (Å²) < 4.78 is 11.0. The van der Waals surface area contributed by atoms with E-state index < -0.39 is 0 Å². The Morgan fingerprint density at radius 2 is 2.09 bits per heavy atom. The molecule has 0 spiro atoms. The quantitative estimate of drug-likeness (QED) is 0.505. The highest BCUT2D eigenvalue weighted by molar-refractivity contribution is 5.76. The molecule has 1 aliphatic rings. The molecule has 1 fully saturated rings. The number of ether oxygens (including phenoxy) is 1. The van der Waals surface area contributed by atoms with Gasteiger partial charge in [-0.3, -0.25) is 9.78 Å². The SMILES string of the molecule is COCCC1(c2noc(-c3cccnc3)n2)CCCN(C(=O)CCCc2ccccc2)C1. The maximum atomic E-state index is 13.0. The lowest BCUT2D eigenvalue weighted by molar-refractivity contribution is -0.133. The van der Waals surface area contributed by atoms with E-state index in [-0.39, 0.29) is 11.3 Å². The van der Waals surface area contributed by atoms with Gasteiger partial charge in [-0.2, -0.15) is 4.98 Å². The Labute approximate surface area is 188 Å². The highest BCUT2D eigenvalue weighted by Crippen LogP contribution is 2.37. The number of hydrogen-bond donors (Lipinski definition) is 0. The van der Waals surface area contributed by atoms with Crippen LogP contribution in [-0.2, 0) is 21.4 Å².